The van der Waals surface area contributed by atoms with Gasteiger partial charge in [-0.3, -0.25) is 23.9 Å². The third-order valence-electron chi connectivity index (χ3n) is 5.90. The van der Waals surface area contributed by atoms with Crippen molar-refractivity contribution < 1.29 is 9.59 Å². The van der Waals surface area contributed by atoms with Crippen LogP contribution in [0.4, 0.5) is 11.4 Å². The van der Waals surface area contributed by atoms with E-state index in [-0.39, 0.29) is 17.0 Å². The van der Waals surface area contributed by atoms with Gasteiger partial charge < -0.3 is 16.0 Å². The Labute approximate surface area is 230 Å². The molecule has 1 unspecified atom stereocenters. The van der Waals surface area contributed by atoms with Crippen LogP contribution in [0.25, 0.3) is 11.5 Å². The van der Waals surface area contributed by atoms with Crippen LogP contribution in [-0.2, 0) is 16.1 Å². The summed E-state index contributed by atoms with van der Waals surface area (Å²) in [6.07, 6.45) is 5.87. The zero-order valence-corrected chi connectivity index (χ0v) is 23.4. The second kappa shape index (κ2) is 14.4. The summed E-state index contributed by atoms with van der Waals surface area (Å²) in [7, 11) is 0. The Balaban J connectivity index is 1.78. The third-order valence-corrected chi connectivity index (χ3v) is 7.63. The summed E-state index contributed by atoms with van der Waals surface area (Å²) in [6.45, 7) is 5.62. The summed E-state index contributed by atoms with van der Waals surface area (Å²) in [4.78, 5) is 39.7. The number of rotatable bonds is 10. The van der Waals surface area contributed by atoms with Gasteiger partial charge in [-0.05, 0) is 57.7 Å². The first-order valence-electron chi connectivity index (χ1n) is 12.4. The zero-order valence-electron chi connectivity index (χ0n) is 21.8. The number of amides is 2. The molecule has 0 bridgehead atoms. The maximum atomic E-state index is 12.8. The Hall–Kier alpha value is -3.51. The van der Waals surface area contributed by atoms with Gasteiger partial charge in [-0.1, -0.05) is 28.9 Å². The van der Waals surface area contributed by atoms with Gasteiger partial charge in [0.2, 0.25) is 5.91 Å². The Bertz CT molecular complexity index is 1460. The predicted octanol–water partition coefficient (Wildman–Crippen LogP) is 1.67. The average molecular weight is 553 g/mol. The number of hydrogen-bond acceptors (Lipinski definition) is 8. The van der Waals surface area contributed by atoms with E-state index < -0.39 is 5.91 Å². The SMILES string of the molecule is CCNC(=O)C(=C=c1sc(=C=CNc2cccc(NC(=O)CN3CCCC3CSC)c2)c(=O)n1CC)C#N. The van der Waals surface area contributed by atoms with Crippen LogP contribution >= 0.6 is 23.1 Å². The van der Waals surface area contributed by atoms with E-state index >= 15 is 0 Å². The Morgan fingerprint density at radius 1 is 1.29 bits per heavy atom. The maximum Gasteiger partial charge on any atom is 0.277 e. The second-order valence-corrected chi connectivity index (χ2v) is 10.5. The van der Waals surface area contributed by atoms with E-state index in [1.54, 1.807) is 13.8 Å². The summed E-state index contributed by atoms with van der Waals surface area (Å²) in [5, 5.41) is 17.9. The van der Waals surface area contributed by atoms with Gasteiger partial charge in [-0.2, -0.15) is 17.0 Å². The number of anilines is 2. The Kier molecular flexibility index (Phi) is 11.0. The lowest BCUT2D eigenvalue weighted by Crippen LogP contribution is -2.38. The molecule has 1 aliphatic rings. The van der Waals surface area contributed by atoms with Crippen molar-refractivity contribution in [3.63, 3.8) is 0 Å². The fourth-order valence-electron chi connectivity index (χ4n) is 4.11. The highest BCUT2D eigenvalue weighted by Gasteiger charge is 2.25. The van der Waals surface area contributed by atoms with Crippen LogP contribution in [0.2, 0.25) is 0 Å². The van der Waals surface area contributed by atoms with Crippen LogP contribution in [0.5, 0.6) is 0 Å². The van der Waals surface area contributed by atoms with Crippen LogP contribution in [-0.4, -0.2) is 59.0 Å². The summed E-state index contributed by atoms with van der Waals surface area (Å²) < 4.78 is 2.13. The number of thiazole rings is 1. The van der Waals surface area contributed by atoms with E-state index in [4.69, 9.17) is 0 Å². The minimum Gasteiger partial charge on any atom is -0.355 e. The number of nitrogens with zero attached hydrogens (tertiary/aromatic N) is 3. The number of benzene rings is 1. The molecule has 2 aromatic rings. The molecule has 1 atom stereocenters. The summed E-state index contributed by atoms with van der Waals surface area (Å²) in [5.41, 5.74) is 6.64. The van der Waals surface area contributed by atoms with Crippen molar-refractivity contribution in [1.29, 1.82) is 5.26 Å². The molecule has 1 saturated heterocycles. The van der Waals surface area contributed by atoms with Gasteiger partial charge in [0.25, 0.3) is 11.5 Å². The molecule has 38 heavy (non-hydrogen) atoms. The normalized spacial score (nSPS) is 14.6. The molecule has 3 N–H and O–H groups in total. The number of thioether (sulfide) groups is 1. The molecule has 3 rings (SSSR count). The first-order valence-corrected chi connectivity index (χ1v) is 14.6. The summed E-state index contributed by atoms with van der Waals surface area (Å²) in [6, 6.07) is 9.60. The fraction of sp³-hybridized carbons (Fsp3) is 0.407. The van der Waals surface area contributed by atoms with Crippen molar-refractivity contribution in [2.75, 3.05) is 42.3 Å². The average Bonchev–Trinajstić information content (AvgIpc) is 3.45. The molecule has 1 aromatic heterocycles. The van der Waals surface area contributed by atoms with Crippen LogP contribution in [0, 0.1) is 11.3 Å². The minimum atomic E-state index is -0.534. The Morgan fingerprint density at radius 3 is 2.79 bits per heavy atom. The molecule has 0 radical (unpaired) electrons. The molecule has 1 aromatic carbocycles. The molecular weight excluding hydrogens is 520 g/mol. The first-order chi connectivity index (χ1) is 18.4. The molecule has 1 aliphatic heterocycles. The van der Waals surface area contributed by atoms with Crippen LogP contribution in [0.3, 0.4) is 0 Å². The van der Waals surface area contributed by atoms with Gasteiger partial charge in [-0.15, -0.1) is 0 Å². The molecule has 200 valence electrons. The van der Waals surface area contributed by atoms with Crippen molar-refractivity contribution in [3.05, 3.63) is 55.6 Å². The van der Waals surface area contributed by atoms with Crippen LogP contribution in [0.15, 0.2) is 40.8 Å². The quantitative estimate of drug-likeness (QED) is 0.303. The minimum absolute atomic E-state index is 0.0443. The fourth-order valence-corrected chi connectivity index (χ4v) is 5.86. The van der Waals surface area contributed by atoms with Crippen molar-refractivity contribution in [2.24, 2.45) is 0 Å². The lowest BCUT2D eigenvalue weighted by Gasteiger charge is -2.23. The molecule has 2 amide bonds. The monoisotopic (exact) mass is 552 g/mol. The Morgan fingerprint density at radius 2 is 2.08 bits per heavy atom. The number of carbonyl (C=O) groups excluding carboxylic acids is 2. The van der Waals surface area contributed by atoms with Gasteiger partial charge in [0.15, 0.2) is 5.57 Å². The summed E-state index contributed by atoms with van der Waals surface area (Å²) >= 11 is 2.90. The molecule has 2 heterocycles. The smallest absolute Gasteiger partial charge is 0.277 e. The molecule has 0 saturated carbocycles. The topological polar surface area (TPSA) is 119 Å². The third kappa shape index (κ3) is 7.75. The zero-order chi connectivity index (χ0) is 27.5. The van der Waals surface area contributed by atoms with Crippen molar-refractivity contribution >= 4 is 57.8 Å². The number of hydrogen-bond donors (Lipinski definition) is 3. The maximum absolute atomic E-state index is 12.8. The van der Waals surface area contributed by atoms with Gasteiger partial charge in [0.05, 0.1) is 6.54 Å². The standard InChI is InChI=1S/C27H32N6O3S2/c1-4-29-26(35)19(16-28)14-25-33(5-2)27(36)23(38-25)11-12-30-20-8-6-9-21(15-20)31-24(34)17-32-13-7-10-22(32)18-37-3/h6,8-9,12,15,22,30H,4-5,7,10,13,17-18H2,1-3H3,(H,29,35)(H,31,34). The van der Waals surface area contributed by atoms with Crippen LogP contribution in [0.1, 0.15) is 26.7 Å². The highest BCUT2D eigenvalue weighted by Crippen LogP contribution is 2.20. The van der Waals surface area contributed by atoms with Crippen molar-refractivity contribution in [2.45, 2.75) is 39.3 Å². The molecule has 9 nitrogen and oxygen atoms in total. The molecular formula is C27H32N6O3S2. The number of likely N-dealkylation sites (N-methyl/N-ethyl adjacent to an activating group) is 1. The predicted molar refractivity (Wildman–Crippen MR) is 154 cm³/mol. The molecule has 0 aliphatic carbocycles. The highest BCUT2D eigenvalue weighted by molar-refractivity contribution is 7.98. The molecule has 0 spiro atoms. The van der Waals surface area contributed by atoms with E-state index in [2.05, 4.69) is 38.6 Å². The van der Waals surface area contributed by atoms with Gasteiger partial charge in [0.1, 0.15) is 15.3 Å². The van der Waals surface area contributed by atoms with E-state index in [9.17, 15) is 19.6 Å². The number of nitriles is 1. The number of nitrogens with one attached hydrogen (secondary N) is 3. The van der Waals surface area contributed by atoms with Crippen LogP contribution < -0.4 is 30.7 Å². The number of likely N-dealkylation sites (tertiary alicyclic amines) is 1. The van der Waals surface area contributed by atoms with Gasteiger partial charge >= 0.3 is 0 Å². The lowest BCUT2D eigenvalue weighted by atomic mass is 10.2. The first kappa shape index (κ1) is 29.1. The lowest BCUT2D eigenvalue weighted by molar-refractivity contribution is -0.118. The van der Waals surface area contributed by atoms with E-state index in [1.807, 2.05) is 42.1 Å². The second-order valence-electron chi connectivity index (χ2n) is 8.54. The van der Waals surface area contributed by atoms with Gasteiger partial charge in [-0.25, -0.2) is 0 Å². The van der Waals surface area contributed by atoms with Crippen molar-refractivity contribution in [3.8, 4) is 6.07 Å². The molecule has 1 fully saturated rings. The van der Waals surface area contributed by atoms with Crippen molar-refractivity contribution in [1.82, 2.24) is 14.8 Å². The molecule has 11 heteroatoms. The van der Waals surface area contributed by atoms with E-state index in [0.717, 1.165) is 42.2 Å². The van der Waals surface area contributed by atoms with E-state index in [1.165, 1.54) is 10.8 Å². The largest absolute Gasteiger partial charge is 0.355 e. The summed E-state index contributed by atoms with van der Waals surface area (Å²) in [5.74, 6) is 0.456. The van der Waals surface area contributed by atoms with Gasteiger partial charge in [0, 0.05) is 42.5 Å². The number of carbonyl (C=O) groups is 2. The van der Waals surface area contributed by atoms with E-state index in [0.29, 0.717) is 40.6 Å². The number of aromatic nitrogens is 1. The highest BCUT2D eigenvalue weighted by atomic mass is 32.2.